The third-order valence-corrected chi connectivity index (χ3v) is 12.2. The second-order valence-electron chi connectivity index (χ2n) is 15.8. The topological polar surface area (TPSA) is 21.3 Å². The summed E-state index contributed by atoms with van der Waals surface area (Å²) in [5.74, 6) is 0. The molecular formula is C58H38N2O. The van der Waals surface area contributed by atoms with Crippen molar-refractivity contribution in [2.45, 2.75) is 0 Å². The zero-order chi connectivity index (χ0) is 40.3. The predicted molar refractivity (Wildman–Crippen MR) is 257 cm³/mol. The lowest BCUT2D eigenvalue weighted by atomic mass is 9.99. The highest BCUT2D eigenvalue weighted by Gasteiger charge is 2.16. The van der Waals surface area contributed by atoms with Gasteiger partial charge < -0.3 is 13.9 Å². The first-order valence-electron chi connectivity index (χ1n) is 20.8. The molecule has 12 aromatic rings. The normalized spacial score (nSPS) is 11.6. The van der Waals surface area contributed by atoms with E-state index in [0.29, 0.717) is 0 Å². The summed E-state index contributed by atoms with van der Waals surface area (Å²) in [5, 5.41) is 7.25. The van der Waals surface area contributed by atoms with E-state index >= 15 is 0 Å². The highest BCUT2D eigenvalue weighted by molar-refractivity contribution is 6.09. The van der Waals surface area contributed by atoms with Gasteiger partial charge in [-0.3, -0.25) is 0 Å². The van der Waals surface area contributed by atoms with Crippen molar-refractivity contribution in [1.82, 2.24) is 4.57 Å². The first kappa shape index (κ1) is 34.9. The van der Waals surface area contributed by atoms with E-state index in [1.165, 1.54) is 54.8 Å². The van der Waals surface area contributed by atoms with E-state index in [9.17, 15) is 0 Å². The van der Waals surface area contributed by atoms with Crippen LogP contribution < -0.4 is 4.90 Å². The van der Waals surface area contributed by atoms with Crippen LogP contribution >= 0.6 is 0 Å². The maximum atomic E-state index is 6.23. The Morgan fingerprint density at radius 3 is 1.46 bits per heavy atom. The molecule has 61 heavy (non-hydrogen) atoms. The van der Waals surface area contributed by atoms with Gasteiger partial charge in [0.1, 0.15) is 11.2 Å². The van der Waals surface area contributed by atoms with Crippen LogP contribution in [0, 0.1) is 0 Å². The molecule has 0 aliphatic heterocycles. The second kappa shape index (κ2) is 14.3. The first-order chi connectivity index (χ1) is 30.2. The average Bonchev–Trinajstić information content (AvgIpc) is 3.88. The van der Waals surface area contributed by atoms with Crippen LogP contribution in [0.2, 0.25) is 0 Å². The monoisotopic (exact) mass is 778 g/mol. The number of anilines is 3. The zero-order valence-electron chi connectivity index (χ0n) is 33.2. The molecule has 0 aliphatic rings. The van der Waals surface area contributed by atoms with Gasteiger partial charge in [-0.2, -0.15) is 0 Å². The van der Waals surface area contributed by atoms with Crippen LogP contribution in [-0.2, 0) is 0 Å². The largest absolute Gasteiger partial charge is 0.456 e. The van der Waals surface area contributed by atoms with Crippen LogP contribution in [0.25, 0.3) is 93.6 Å². The fourth-order valence-electron chi connectivity index (χ4n) is 9.15. The molecule has 0 aliphatic carbocycles. The van der Waals surface area contributed by atoms with E-state index in [-0.39, 0.29) is 0 Å². The van der Waals surface area contributed by atoms with Crippen molar-refractivity contribution in [3.8, 4) is 39.1 Å². The Bertz CT molecular complexity index is 3520. The highest BCUT2D eigenvalue weighted by atomic mass is 16.3. The molecule has 0 amide bonds. The quantitative estimate of drug-likeness (QED) is 0.161. The summed E-state index contributed by atoms with van der Waals surface area (Å²) < 4.78 is 8.60. The molecule has 0 radical (unpaired) electrons. The molecule has 286 valence electrons. The minimum atomic E-state index is 0.903. The summed E-state index contributed by atoms with van der Waals surface area (Å²) in [6.45, 7) is 0. The van der Waals surface area contributed by atoms with Gasteiger partial charge in [0.2, 0.25) is 0 Å². The maximum absolute atomic E-state index is 6.23. The third-order valence-electron chi connectivity index (χ3n) is 12.2. The van der Waals surface area contributed by atoms with Gasteiger partial charge >= 0.3 is 0 Å². The summed E-state index contributed by atoms with van der Waals surface area (Å²) >= 11 is 0. The van der Waals surface area contributed by atoms with E-state index in [0.717, 1.165) is 55.8 Å². The minimum absolute atomic E-state index is 0.903. The van der Waals surface area contributed by atoms with E-state index in [1.807, 2.05) is 12.1 Å². The molecule has 0 N–H and O–H groups in total. The molecule has 0 saturated heterocycles. The zero-order valence-corrected chi connectivity index (χ0v) is 33.2. The van der Waals surface area contributed by atoms with Gasteiger partial charge in [0.15, 0.2) is 0 Å². The molecule has 3 heteroatoms. The fourth-order valence-corrected chi connectivity index (χ4v) is 9.15. The smallest absolute Gasteiger partial charge is 0.136 e. The Kier molecular flexibility index (Phi) is 8.17. The molecule has 0 fully saturated rings. The van der Waals surface area contributed by atoms with Gasteiger partial charge in [-0.1, -0.05) is 152 Å². The minimum Gasteiger partial charge on any atom is -0.456 e. The highest BCUT2D eigenvalue weighted by Crippen LogP contribution is 2.40. The number of benzene rings is 10. The van der Waals surface area contributed by atoms with Crippen LogP contribution in [0.1, 0.15) is 0 Å². The lowest BCUT2D eigenvalue weighted by Crippen LogP contribution is -2.09. The maximum Gasteiger partial charge on any atom is 0.136 e. The van der Waals surface area contributed by atoms with Gasteiger partial charge in [-0.05, 0) is 123 Å². The molecule has 0 bridgehead atoms. The van der Waals surface area contributed by atoms with Crippen LogP contribution in [0.4, 0.5) is 17.1 Å². The Morgan fingerprint density at radius 2 is 0.787 bits per heavy atom. The SMILES string of the molecule is c1cc(-c2ccc(-c3ccc(N(c4ccc(-c5ccc6c(c5)oc5ccccc56)cc4)c4ccc5ccccc5c4)cc3)cc2)cc(-n2c3ccccc3c3ccccc32)c1. The van der Waals surface area contributed by atoms with Crippen molar-refractivity contribution in [1.29, 1.82) is 0 Å². The standard InChI is InChI=1S/C58H38N2O/c1-2-11-44-37-50(34-28-39(44)10-1)59(48-32-26-43(27-33-48)46-29-35-54-53-16-5-8-19-57(53)61-58(54)38-46)47-30-24-41(25-31-47)40-20-22-42(23-21-40)45-12-9-13-49(36-45)60-55-17-6-3-14-51(55)52-15-4-7-18-56(52)60/h1-38H. The van der Waals surface area contributed by atoms with Crippen LogP contribution in [-0.4, -0.2) is 4.57 Å². The lowest BCUT2D eigenvalue weighted by Gasteiger charge is -2.26. The Labute approximate surface area is 353 Å². The van der Waals surface area contributed by atoms with Crippen molar-refractivity contribution in [3.63, 3.8) is 0 Å². The molecule has 12 rings (SSSR count). The first-order valence-corrected chi connectivity index (χ1v) is 20.8. The van der Waals surface area contributed by atoms with Gasteiger partial charge in [-0.25, -0.2) is 0 Å². The molecule has 2 heterocycles. The molecule has 10 aromatic carbocycles. The van der Waals surface area contributed by atoms with Crippen LogP contribution in [0.15, 0.2) is 235 Å². The third kappa shape index (κ3) is 6.06. The average molecular weight is 779 g/mol. The van der Waals surface area contributed by atoms with E-state index in [2.05, 4.69) is 228 Å². The van der Waals surface area contributed by atoms with E-state index in [4.69, 9.17) is 4.42 Å². The van der Waals surface area contributed by atoms with Gasteiger partial charge in [0.05, 0.1) is 11.0 Å². The molecular weight excluding hydrogens is 741 g/mol. The number of nitrogens with zero attached hydrogens (tertiary/aromatic N) is 2. The Balaban J connectivity index is 0.857. The summed E-state index contributed by atoms with van der Waals surface area (Å²) in [6, 6.07) is 83.0. The molecule has 0 saturated carbocycles. The van der Waals surface area contributed by atoms with Crippen molar-refractivity contribution >= 4 is 71.6 Å². The number of fused-ring (bicyclic) bond motifs is 7. The molecule has 0 atom stereocenters. The molecule has 0 unspecified atom stereocenters. The Hall–Kier alpha value is -8.14. The van der Waals surface area contributed by atoms with Crippen molar-refractivity contribution in [2.75, 3.05) is 4.90 Å². The predicted octanol–water partition coefficient (Wildman–Crippen LogP) is 16.3. The molecule has 3 nitrogen and oxygen atoms in total. The number of rotatable bonds is 7. The van der Waals surface area contributed by atoms with Gasteiger partial charge in [-0.15, -0.1) is 0 Å². The fraction of sp³-hybridized carbons (Fsp3) is 0. The van der Waals surface area contributed by atoms with Crippen LogP contribution in [0.5, 0.6) is 0 Å². The lowest BCUT2D eigenvalue weighted by molar-refractivity contribution is 0.669. The summed E-state index contributed by atoms with van der Waals surface area (Å²) in [5.41, 5.74) is 15.7. The number of furan rings is 1. The van der Waals surface area contributed by atoms with Crippen LogP contribution in [0.3, 0.4) is 0 Å². The summed E-state index contributed by atoms with van der Waals surface area (Å²) in [4.78, 5) is 2.34. The summed E-state index contributed by atoms with van der Waals surface area (Å²) in [7, 11) is 0. The van der Waals surface area contributed by atoms with E-state index < -0.39 is 0 Å². The second-order valence-corrected chi connectivity index (χ2v) is 15.8. The van der Waals surface area contributed by atoms with Crippen molar-refractivity contribution in [3.05, 3.63) is 231 Å². The van der Waals surface area contributed by atoms with Gasteiger partial charge in [0.25, 0.3) is 0 Å². The molecule has 2 aromatic heterocycles. The number of para-hydroxylation sites is 3. The van der Waals surface area contributed by atoms with Crippen molar-refractivity contribution < 1.29 is 4.42 Å². The number of aromatic nitrogens is 1. The van der Waals surface area contributed by atoms with Crippen molar-refractivity contribution in [2.24, 2.45) is 0 Å². The Morgan fingerprint density at radius 1 is 0.295 bits per heavy atom. The summed E-state index contributed by atoms with van der Waals surface area (Å²) in [6.07, 6.45) is 0. The number of hydrogen-bond donors (Lipinski definition) is 0. The molecule has 0 spiro atoms. The number of hydrogen-bond acceptors (Lipinski definition) is 2. The van der Waals surface area contributed by atoms with E-state index in [1.54, 1.807) is 0 Å². The van der Waals surface area contributed by atoms with Gasteiger partial charge in [0, 0.05) is 44.3 Å².